The number of aromatic nitrogens is 4. The van der Waals surface area contributed by atoms with Crippen molar-refractivity contribution in [2.75, 3.05) is 6.61 Å². The van der Waals surface area contributed by atoms with Gasteiger partial charge in [0.2, 0.25) is 0 Å². The first kappa shape index (κ1) is 17.4. The standard InChI is InChI=1S/C21H22N4O2/c1-5-27-21(26)19-16-9-14-10-22-20(12(2)3)25(14)17-8-13(4)6-7-15(17)18(16)23-11-24-19/h6-8,10-12H,5,9H2,1-4H3. The number of ether oxygens (including phenoxy) is 1. The monoisotopic (exact) mass is 362 g/mol. The first-order valence-corrected chi connectivity index (χ1v) is 9.20. The van der Waals surface area contributed by atoms with Gasteiger partial charge in [0, 0.05) is 35.4 Å². The van der Waals surface area contributed by atoms with Crippen LogP contribution in [0.5, 0.6) is 0 Å². The molecule has 1 aliphatic rings. The predicted octanol–water partition coefficient (Wildman–Crippen LogP) is 3.84. The summed E-state index contributed by atoms with van der Waals surface area (Å²) in [4.78, 5) is 25.9. The summed E-state index contributed by atoms with van der Waals surface area (Å²) >= 11 is 0. The lowest BCUT2D eigenvalue weighted by Gasteiger charge is -2.15. The molecule has 1 aromatic carbocycles. The average Bonchev–Trinajstić information content (AvgIpc) is 3.00. The predicted molar refractivity (Wildman–Crippen MR) is 102 cm³/mol. The molecule has 0 saturated carbocycles. The fourth-order valence-corrected chi connectivity index (χ4v) is 3.61. The molecule has 6 nitrogen and oxygen atoms in total. The van der Waals surface area contributed by atoms with Gasteiger partial charge in [0.1, 0.15) is 12.2 Å². The molecule has 2 aromatic heterocycles. The molecular weight excluding hydrogens is 340 g/mol. The molecular formula is C21H22N4O2. The zero-order valence-corrected chi connectivity index (χ0v) is 16.0. The van der Waals surface area contributed by atoms with Gasteiger partial charge in [-0.05, 0) is 25.5 Å². The quantitative estimate of drug-likeness (QED) is 0.518. The SMILES string of the molecule is CCOC(=O)c1ncnc2c1Cc1cnc(C(C)C)n1-c1cc(C)ccc1-2. The van der Waals surface area contributed by atoms with Gasteiger partial charge in [-0.25, -0.2) is 19.7 Å². The van der Waals surface area contributed by atoms with E-state index in [1.54, 1.807) is 6.92 Å². The Labute approximate surface area is 158 Å². The summed E-state index contributed by atoms with van der Waals surface area (Å²) in [5, 5.41) is 0. The average molecular weight is 362 g/mol. The lowest BCUT2D eigenvalue weighted by Crippen LogP contribution is -2.13. The Morgan fingerprint density at radius 2 is 2.07 bits per heavy atom. The number of hydrogen-bond acceptors (Lipinski definition) is 5. The number of esters is 1. The lowest BCUT2D eigenvalue weighted by atomic mass is 10.00. The zero-order chi connectivity index (χ0) is 19.1. The largest absolute Gasteiger partial charge is 0.461 e. The van der Waals surface area contributed by atoms with Crippen LogP contribution in [0.15, 0.2) is 30.7 Å². The zero-order valence-electron chi connectivity index (χ0n) is 16.0. The maximum Gasteiger partial charge on any atom is 0.357 e. The molecule has 6 heteroatoms. The van der Waals surface area contributed by atoms with Crippen LogP contribution in [0.4, 0.5) is 0 Å². The number of fused-ring (bicyclic) bond motifs is 5. The second-order valence-corrected chi connectivity index (χ2v) is 7.07. The highest BCUT2D eigenvalue weighted by Gasteiger charge is 2.28. The number of hydrogen-bond donors (Lipinski definition) is 0. The minimum atomic E-state index is -0.415. The van der Waals surface area contributed by atoms with E-state index in [2.05, 4.69) is 58.5 Å². The number of benzene rings is 1. The number of carbonyl (C=O) groups excluding carboxylic acids is 1. The van der Waals surface area contributed by atoms with Gasteiger partial charge in [0.15, 0.2) is 5.69 Å². The van der Waals surface area contributed by atoms with Crippen LogP contribution in [0, 0.1) is 6.92 Å². The van der Waals surface area contributed by atoms with Crippen molar-refractivity contribution in [3.05, 3.63) is 59.1 Å². The molecule has 27 heavy (non-hydrogen) atoms. The molecule has 0 radical (unpaired) electrons. The smallest absolute Gasteiger partial charge is 0.357 e. The molecule has 3 heterocycles. The highest BCUT2D eigenvalue weighted by Crippen LogP contribution is 2.37. The van der Waals surface area contributed by atoms with Crippen LogP contribution in [-0.4, -0.2) is 32.1 Å². The Balaban J connectivity index is 2.04. The third kappa shape index (κ3) is 2.81. The molecule has 0 bridgehead atoms. The molecule has 0 spiro atoms. The minimum Gasteiger partial charge on any atom is -0.461 e. The molecule has 0 amide bonds. The number of nitrogens with zero attached hydrogens (tertiary/aromatic N) is 4. The molecule has 4 rings (SSSR count). The van der Waals surface area contributed by atoms with Crippen LogP contribution in [0.3, 0.4) is 0 Å². The Kier molecular flexibility index (Phi) is 4.26. The third-order valence-corrected chi connectivity index (χ3v) is 4.80. The number of carbonyl (C=O) groups is 1. The van der Waals surface area contributed by atoms with Crippen molar-refractivity contribution in [2.45, 2.75) is 40.0 Å². The van der Waals surface area contributed by atoms with E-state index in [4.69, 9.17) is 4.74 Å². The Morgan fingerprint density at radius 1 is 1.26 bits per heavy atom. The number of aryl methyl sites for hydroxylation is 1. The van der Waals surface area contributed by atoms with Gasteiger partial charge in [-0.2, -0.15) is 0 Å². The fourth-order valence-electron chi connectivity index (χ4n) is 3.61. The van der Waals surface area contributed by atoms with E-state index < -0.39 is 5.97 Å². The second kappa shape index (κ2) is 6.61. The summed E-state index contributed by atoms with van der Waals surface area (Å²) in [6.07, 6.45) is 3.85. The van der Waals surface area contributed by atoms with Crippen LogP contribution in [0.2, 0.25) is 0 Å². The van der Waals surface area contributed by atoms with Crippen molar-refractivity contribution in [1.29, 1.82) is 0 Å². The van der Waals surface area contributed by atoms with Gasteiger partial charge < -0.3 is 4.74 Å². The van der Waals surface area contributed by atoms with E-state index in [-0.39, 0.29) is 5.92 Å². The van der Waals surface area contributed by atoms with Crippen molar-refractivity contribution in [2.24, 2.45) is 0 Å². The van der Waals surface area contributed by atoms with Crippen LogP contribution in [0.25, 0.3) is 16.9 Å². The molecule has 138 valence electrons. The van der Waals surface area contributed by atoms with Gasteiger partial charge in [0.25, 0.3) is 0 Å². The van der Waals surface area contributed by atoms with E-state index in [0.29, 0.717) is 18.7 Å². The number of rotatable bonds is 3. The highest BCUT2D eigenvalue weighted by molar-refractivity contribution is 5.92. The van der Waals surface area contributed by atoms with E-state index in [1.165, 1.54) is 6.33 Å². The maximum absolute atomic E-state index is 12.5. The van der Waals surface area contributed by atoms with E-state index in [9.17, 15) is 4.79 Å². The summed E-state index contributed by atoms with van der Waals surface area (Å²) in [5.41, 5.74) is 6.09. The van der Waals surface area contributed by atoms with Crippen LogP contribution < -0.4 is 0 Å². The third-order valence-electron chi connectivity index (χ3n) is 4.80. The Bertz CT molecular complexity index is 1040. The van der Waals surface area contributed by atoms with Gasteiger partial charge in [0.05, 0.1) is 18.0 Å². The molecule has 1 aliphatic heterocycles. The van der Waals surface area contributed by atoms with E-state index in [1.807, 2.05) is 6.20 Å². The molecule has 0 unspecified atom stereocenters. The van der Waals surface area contributed by atoms with Gasteiger partial charge in [-0.15, -0.1) is 0 Å². The molecule has 0 aliphatic carbocycles. The van der Waals surface area contributed by atoms with E-state index in [0.717, 1.165) is 39.6 Å². The summed E-state index contributed by atoms with van der Waals surface area (Å²) < 4.78 is 7.42. The topological polar surface area (TPSA) is 69.9 Å². The van der Waals surface area contributed by atoms with Crippen molar-refractivity contribution >= 4 is 5.97 Å². The highest BCUT2D eigenvalue weighted by atomic mass is 16.5. The number of imidazole rings is 1. The minimum absolute atomic E-state index is 0.268. The molecule has 3 aromatic rings. The molecule has 0 saturated heterocycles. The molecule has 0 N–H and O–H groups in total. The maximum atomic E-state index is 12.5. The fraction of sp³-hybridized carbons (Fsp3) is 0.333. The van der Waals surface area contributed by atoms with Crippen molar-refractivity contribution in [1.82, 2.24) is 19.5 Å². The Morgan fingerprint density at radius 3 is 2.81 bits per heavy atom. The summed E-state index contributed by atoms with van der Waals surface area (Å²) in [6, 6.07) is 6.27. The Hall–Kier alpha value is -3.02. The normalized spacial score (nSPS) is 12.2. The van der Waals surface area contributed by atoms with Gasteiger partial charge >= 0.3 is 5.97 Å². The first-order valence-electron chi connectivity index (χ1n) is 9.20. The molecule has 0 atom stereocenters. The van der Waals surface area contributed by atoms with Gasteiger partial charge in [-0.1, -0.05) is 26.0 Å². The van der Waals surface area contributed by atoms with Crippen molar-refractivity contribution < 1.29 is 9.53 Å². The van der Waals surface area contributed by atoms with E-state index >= 15 is 0 Å². The molecule has 0 fully saturated rings. The van der Waals surface area contributed by atoms with Crippen molar-refractivity contribution in [3.63, 3.8) is 0 Å². The first-order chi connectivity index (χ1) is 13.0. The van der Waals surface area contributed by atoms with Crippen LogP contribution in [-0.2, 0) is 11.2 Å². The van der Waals surface area contributed by atoms with Gasteiger partial charge in [-0.3, -0.25) is 4.57 Å². The summed E-state index contributed by atoms with van der Waals surface area (Å²) in [7, 11) is 0. The summed E-state index contributed by atoms with van der Waals surface area (Å²) in [6.45, 7) is 8.43. The lowest BCUT2D eigenvalue weighted by molar-refractivity contribution is 0.0518. The van der Waals surface area contributed by atoms with Crippen molar-refractivity contribution in [3.8, 4) is 16.9 Å². The second-order valence-electron chi connectivity index (χ2n) is 7.07. The van der Waals surface area contributed by atoms with Crippen LogP contribution >= 0.6 is 0 Å². The van der Waals surface area contributed by atoms with Crippen LogP contribution in [0.1, 0.15) is 59.8 Å². The summed E-state index contributed by atoms with van der Waals surface area (Å²) in [5.74, 6) is 0.848.